The van der Waals surface area contributed by atoms with E-state index in [0.717, 1.165) is 48.8 Å². The van der Waals surface area contributed by atoms with E-state index in [1.165, 1.54) is 25.5 Å². The first-order valence-electron chi connectivity index (χ1n) is 13.8. The predicted molar refractivity (Wildman–Crippen MR) is 145 cm³/mol. The zero-order valence-corrected chi connectivity index (χ0v) is 23.6. The highest BCUT2D eigenvalue weighted by Gasteiger charge is 2.68. The Kier molecular flexibility index (Phi) is 5.76. The molecule has 6 atom stereocenters. The van der Waals surface area contributed by atoms with Gasteiger partial charge in [0.05, 0.1) is 7.11 Å². The van der Waals surface area contributed by atoms with Gasteiger partial charge in [-0.15, -0.1) is 0 Å². The SMILES string of the molecule is C#[N+][C@]1(C)CC[C@]2(C)CC[C@]3(C)C4=CC=C5C(=CC(=O)C(OCC(=O)OC)=C5C)[C@]4(C)CC[C@@]3(C)[C@@H]2C1. The summed E-state index contributed by atoms with van der Waals surface area (Å²) in [4.78, 5) is 29.3. The van der Waals surface area contributed by atoms with Crippen LogP contribution < -0.4 is 0 Å². The summed E-state index contributed by atoms with van der Waals surface area (Å²) < 4.78 is 10.3. The number of ketones is 1. The quantitative estimate of drug-likeness (QED) is 0.390. The molecule has 0 aromatic heterocycles. The van der Waals surface area contributed by atoms with Crippen molar-refractivity contribution in [3.63, 3.8) is 0 Å². The molecule has 0 spiro atoms. The van der Waals surface area contributed by atoms with Gasteiger partial charge in [-0.2, -0.15) is 0 Å². The van der Waals surface area contributed by atoms with Gasteiger partial charge in [0.2, 0.25) is 5.78 Å². The predicted octanol–water partition coefficient (Wildman–Crippen LogP) is 6.96. The fourth-order valence-corrected chi connectivity index (χ4v) is 8.92. The zero-order valence-electron chi connectivity index (χ0n) is 23.6. The number of esters is 1. The molecule has 0 aromatic rings. The van der Waals surface area contributed by atoms with Crippen LogP contribution >= 0.6 is 0 Å². The Bertz CT molecular complexity index is 1250. The molecule has 0 aromatic carbocycles. The molecule has 5 aliphatic carbocycles. The summed E-state index contributed by atoms with van der Waals surface area (Å²) in [6.45, 7) is 19.7. The Balaban J connectivity index is 1.57. The van der Waals surface area contributed by atoms with Crippen molar-refractivity contribution in [3.8, 4) is 6.57 Å². The van der Waals surface area contributed by atoms with Gasteiger partial charge in [0.15, 0.2) is 12.4 Å². The minimum atomic E-state index is -0.500. The second-order valence-electron chi connectivity index (χ2n) is 13.5. The molecule has 198 valence electrons. The summed E-state index contributed by atoms with van der Waals surface area (Å²) in [5, 5.41) is 0. The van der Waals surface area contributed by atoms with Gasteiger partial charge >= 0.3 is 5.97 Å². The van der Waals surface area contributed by atoms with Crippen LogP contribution in [0.4, 0.5) is 0 Å². The Morgan fingerprint density at radius 3 is 2.43 bits per heavy atom. The van der Waals surface area contributed by atoms with Crippen LogP contribution in [0.25, 0.3) is 4.85 Å². The molecule has 0 bridgehead atoms. The molecule has 0 aliphatic heterocycles. The van der Waals surface area contributed by atoms with Crippen molar-refractivity contribution >= 4 is 11.8 Å². The monoisotopic (exact) mass is 504 g/mol. The van der Waals surface area contributed by atoms with Crippen molar-refractivity contribution in [2.45, 2.75) is 92.0 Å². The molecule has 5 rings (SSSR count). The van der Waals surface area contributed by atoms with Crippen molar-refractivity contribution < 1.29 is 19.1 Å². The number of allylic oxidation sites excluding steroid dienone is 7. The number of rotatable bonds is 3. The standard InChI is InChI=1S/C32H42NO4/c1-20-21-9-10-24-30(4,22(21)17-23(34)27(20)37-19-26(35)36-8)14-16-32(6)25-18-29(3,33-7)13-11-28(25,2)12-15-31(24,32)5/h7,9-10,17,25H,11-16,18-19H2,1-6,8H3/q+1/t25-,28-,29-,30+,31-,32+/m1/s1. The van der Waals surface area contributed by atoms with Crippen molar-refractivity contribution in [1.82, 2.24) is 0 Å². The fourth-order valence-electron chi connectivity index (χ4n) is 8.92. The lowest BCUT2D eigenvalue weighted by Crippen LogP contribution is -2.62. The fraction of sp³-hybridized carbons (Fsp3) is 0.656. The lowest BCUT2D eigenvalue weighted by atomic mass is 9.35. The molecule has 37 heavy (non-hydrogen) atoms. The maximum atomic E-state index is 13.3. The molecule has 3 saturated carbocycles. The average molecular weight is 505 g/mol. The van der Waals surface area contributed by atoms with Gasteiger partial charge < -0.3 is 9.47 Å². The smallest absolute Gasteiger partial charge is 0.343 e. The van der Waals surface area contributed by atoms with Gasteiger partial charge in [0.25, 0.3) is 12.1 Å². The van der Waals surface area contributed by atoms with Crippen LogP contribution in [0, 0.1) is 34.2 Å². The molecular formula is C32H42NO4+. The largest absolute Gasteiger partial charge is 0.477 e. The number of nitrogens with zero attached hydrogens (tertiary/aromatic N) is 1. The molecule has 0 saturated heterocycles. The molecule has 0 unspecified atom stereocenters. The minimum absolute atomic E-state index is 0.0161. The van der Waals surface area contributed by atoms with Gasteiger partial charge in [-0.25, -0.2) is 4.79 Å². The van der Waals surface area contributed by atoms with Gasteiger partial charge in [-0.05, 0) is 78.4 Å². The highest BCUT2D eigenvalue weighted by Crippen LogP contribution is 2.75. The van der Waals surface area contributed by atoms with E-state index in [0.29, 0.717) is 11.3 Å². The third-order valence-electron chi connectivity index (χ3n) is 11.7. The number of hydrogen-bond acceptors (Lipinski definition) is 4. The van der Waals surface area contributed by atoms with E-state index < -0.39 is 5.97 Å². The van der Waals surface area contributed by atoms with E-state index in [1.54, 1.807) is 6.08 Å². The third-order valence-corrected chi connectivity index (χ3v) is 11.7. The van der Waals surface area contributed by atoms with Crippen molar-refractivity contribution in [3.05, 3.63) is 51.1 Å². The second kappa shape index (κ2) is 8.19. The lowest BCUT2D eigenvalue weighted by Gasteiger charge is -2.69. The molecule has 3 fully saturated rings. The van der Waals surface area contributed by atoms with Crippen LogP contribution in [0.3, 0.4) is 0 Å². The van der Waals surface area contributed by atoms with E-state index in [4.69, 9.17) is 16.0 Å². The first-order chi connectivity index (χ1) is 17.3. The summed E-state index contributed by atoms with van der Waals surface area (Å²) in [6.07, 6.45) is 14.0. The Morgan fingerprint density at radius 2 is 1.76 bits per heavy atom. The van der Waals surface area contributed by atoms with Crippen molar-refractivity contribution in [1.29, 1.82) is 0 Å². The Labute approximate surface area is 221 Å². The summed E-state index contributed by atoms with van der Waals surface area (Å²) >= 11 is 0. The molecule has 0 radical (unpaired) electrons. The van der Waals surface area contributed by atoms with Crippen molar-refractivity contribution in [2.24, 2.45) is 27.6 Å². The van der Waals surface area contributed by atoms with Crippen LogP contribution in [-0.4, -0.2) is 31.0 Å². The first kappa shape index (κ1) is 26.0. The number of ether oxygens (including phenoxy) is 2. The zero-order chi connectivity index (χ0) is 27.0. The first-order valence-corrected chi connectivity index (χ1v) is 13.8. The topological polar surface area (TPSA) is 57.0 Å². The Hall–Kier alpha value is -2.61. The Morgan fingerprint density at radius 1 is 1.05 bits per heavy atom. The highest BCUT2D eigenvalue weighted by molar-refractivity contribution is 6.07. The summed E-state index contributed by atoms with van der Waals surface area (Å²) in [7, 11) is 1.31. The summed E-state index contributed by atoms with van der Waals surface area (Å²) in [6, 6.07) is 0. The van der Waals surface area contributed by atoms with Crippen LogP contribution in [0.5, 0.6) is 0 Å². The molecular weight excluding hydrogens is 462 g/mol. The lowest BCUT2D eigenvalue weighted by molar-refractivity contribution is -0.148. The van der Waals surface area contributed by atoms with Gasteiger partial charge in [0.1, 0.15) is 0 Å². The number of hydrogen-bond donors (Lipinski definition) is 0. The van der Waals surface area contributed by atoms with E-state index in [1.807, 2.05) is 6.92 Å². The number of methoxy groups -OCH3 is 1. The number of fused-ring (bicyclic) bond motifs is 7. The second-order valence-corrected chi connectivity index (χ2v) is 13.5. The van der Waals surface area contributed by atoms with Crippen molar-refractivity contribution in [2.75, 3.05) is 13.7 Å². The van der Waals surface area contributed by atoms with Crippen LogP contribution in [0.15, 0.2) is 46.3 Å². The number of carbonyl (C=O) groups is 2. The molecule has 5 nitrogen and oxygen atoms in total. The summed E-state index contributed by atoms with van der Waals surface area (Å²) in [5.74, 6) is 0.119. The molecule has 0 heterocycles. The molecule has 5 heteroatoms. The maximum Gasteiger partial charge on any atom is 0.343 e. The average Bonchev–Trinajstić information content (AvgIpc) is 2.87. The van der Waals surface area contributed by atoms with Gasteiger partial charge in [0, 0.05) is 30.8 Å². The van der Waals surface area contributed by atoms with E-state index in [2.05, 4.69) is 51.6 Å². The highest BCUT2D eigenvalue weighted by atomic mass is 16.6. The normalized spacial score (nSPS) is 42.6. The van der Waals surface area contributed by atoms with E-state index in [-0.39, 0.29) is 39.9 Å². The number of carbonyl (C=O) groups excluding carboxylic acids is 2. The molecule has 0 amide bonds. The van der Waals surface area contributed by atoms with Crippen LogP contribution in [0.2, 0.25) is 0 Å². The molecule has 0 N–H and O–H groups in total. The van der Waals surface area contributed by atoms with Gasteiger partial charge in [-0.3, -0.25) is 4.79 Å². The minimum Gasteiger partial charge on any atom is -0.477 e. The van der Waals surface area contributed by atoms with E-state index >= 15 is 0 Å². The van der Waals surface area contributed by atoms with Gasteiger partial charge in [-0.1, -0.05) is 50.3 Å². The maximum absolute atomic E-state index is 13.3. The molecule has 5 aliphatic rings. The third kappa shape index (κ3) is 3.47. The van der Waals surface area contributed by atoms with Crippen LogP contribution in [-0.2, 0) is 19.1 Å². The van der Waals surface area contributed by atoms with E-state index in [9.17, 15) is 9.59 Å². The summed E-state index contributed by atoms with van der Waals surface area (Å²) in [5.41, 5.74) is 4.49. The van der Waals surface area contributed by atoms with Crippen LogP contribution in [0.1, 0.15) is 86.5 Å².